The molecule has 6 aromatic heterocycles. The van der Waals surface area contributed by atoms with Crippen LogP contribution in [-0.4, -0.2) is 278 Å². The van der Waals surface area contributed by atoms with Crippen LogP contribution in [0, 0.1) is 66.2 Å². The summed E-state index contributed by atoms with van der Waals surface area (Å²) in [7, 11) is 6.63. The number of rotatable bonds is 9. The number of benzene rings is 2. The zero-order chi connectivity index (χ0) is 86.3. The molecule has 2 aromatic carbocycles. The number of aryl methyl sites for hydroxylation is 8. The number of fused-ring (bicyclic) bond motifs is 1. The van der Waals surface area contributed by atoms with E-state index in [1.165, 1.54) is 179 Å². The van der Waals surface area contributed by atoms with Crippen LogP contribution in [0.5, 0.6) is 0 Å². The number of piperidine rings is 3. The Bertz CT molecular complexity index is 4120. The third-order valence-corrected chi connectivity index (χ3v) is 27.8. The van der Waals surface area contributed by atoms with E-state index < -0.39 is 0 Å². The Hall–Kier alpha value is -7.68. The predicted molar refractivity (Wildman–Crippen MR) is 513 cm³/mol. The van der Waals surface area contributed by atoms with Gasteiger partial charge in [-0.05, 0) is 228 Å². The molecule has 10 fully saturated rings. The molecule has 1 saturated carbocycles. The Morgan fingerprint density at radius 1 is 0.331 bits per heavy atom. The van der Waals surface area contributed by atoms with Gasteiger partial charge in [-0.15, -0.1) is 22.7 Å². The van der Waals surface area contributed by atoms with Crippen molar-refractivity contribution >= 4 is 67.3 Å². The molecule has 9 aliphatic heterocycles. The summed E-state index contributed by atoms with van der Waals surface area (Å²) in [5.74, 6) is 4.08. The topological polar surface area (TPSA) is 157 Å². The van der Waals surface area contributed by atoms with Crippen molar-refractivity contribution in [2.75, 3.05) is 211 Å². The van der Waals surface area contributed by atoms with Gasteiger partial charge in [-0.1, -0.05) is 69.5 Å². The fourth-order valence-electron chi connectivity index (χ4n) is 17.7. The number of hydrogen-bond donors (Lipinski definition) is 1. The summed E-state index contributed by atoms with van der Waals surface area (Å²) in [6, 6.07) is 31.3. The summed E-state index contributed by atoms with van der Waals surface area (Å²) < 4.78 is 0. The summed E-state index contributed by atoms with van der Waals surface area (Å²) in [5.41, 5.74) is 10.2. The van der Waals surface area contributed by atoms with Crippen LogP contribution in [-0.2, 0) is 0 Å². The first kappa shape index (κ1) is 94.0. The lowest BCUT2D eigenvalue weighted by atomic mass is 9.84. The summed E-state index contributed by atoms with van der Waals surface area (Å²) in [6.45, 7) is 63.5. The summed E-state index contributed by atoms with van der Waals surface area (Å²) in [6.07, 6.45) is 27.1. The van der Waals surface area contributed by atoms with Crippen molar-refractivity contribution in [3.05, 3.63) is 166 Å². The summed E-state index contributed by atoms with van der Waals surface area (Å²) >= 11 is 3.81. The molecule has 24 heteroatoms. The molecule has 0 bridgehead atoms. The van der Waals surface area contributed by atoms with Crippen LogP contribution in [0.25, 0.3) is 0 Å². The third-order valence-electron chi connectivity index (χ3n) is 25.6. The highest BCUT2D eigenvalue weighted by Gasteiger charge is 2.34. The Morgan fingerprint density at radius 3 is 1.20 bits per heavy atom. The lowest BCUT2D eigenvalue weighted by Crippen LogP contribution is -2.55. The summed E-state index contributed by atoms with van der Waals surface area (Å²) in [4.78, 5) is 69.7. The van der Waals surface area contributed by atoms with Crippen molar-refractivity contribution in [2.45, 2.75) is 218 Å². The average molecular weight is 1690 g/mol. The molecule has 0 amide bonds. The first-order chi connectivity index (χ1) is 57.9. The van der Waals surface area contributed by atoms with E-state index in [0.29, 0.717) is 41.0 Å². The van der Waals surface area contributed by atoms with E-state index >= 15 is 0 Å². The maximum atomic E-state index is 4.48. The standard InChI is InChI=1S/C14H22N2.C14H21N.C13H20N4.C12H18N4.C12H19N3.C11H18N4.C11H18N2S.C10H16N2S/c1-11-5-7-14(8-6-11)16-9-12(2)15(4)13(3)10-16;1-12-5-7-13(8-6-12)15-10-4-9-14(2,3)11-15;1-11-8-15-13(9-14-11)17-7-6-16-5-3-2-4-12(16)10-17;1-10-8-14-12(9-13-10)16-6-4-15(5-7-16)11-2-3-11;1-10-7-14-11(8-13-10)15-6-4-5-12(2,3)9-15;1-8-4-13-11(5-12-8)15-6-9(2)14-10(3)7-15;1-9-8-13(7-6-12(9)3)11-5-4-10(2)14-11;1-9-3-4-10(13-9)12-7-5-11(2)6-8-12/h5-8,12-13H,9-10H2,1-4H3;5-8H,4,9-11H2,1-3H3;8-9,12H,2-7,10H2,1H3;8-9,11H,2-7H2,1H3;7-8H,4-6,9H2,1-3H3;4-5,9-10,14H,6-7H2,1-3H3;4-5,9H,6-8H2,1-3H3;3-4H,5-8H2,1-2H3/t;;;;;9-,10+;;. The van der Waals surface area contributed by atoms with Gasteiger partial charge in [-0.2, -0.15) is 0 Å². The molecule has 22 nitrogen and oxygen atoms in total. The Labute approximate surface area is 738 Å². The van der Waals surface area contributed by atoms with E-state index in [0.717, 1.165) is 130 Å². The van der Waals surface area contributed by atoms with Gasteiger partial charge in [0.05, 0.1) is 82.4 Å². The van der Waals surface area contributed by atoms with Crippen LogP contribution in [0.4, 0.5) is 44.6 Å². The number of thiophene rings is 2. The van der Waals surface area contributed by atoms with E-state index in [4.69, 9.17) is 0 Å². The third kappa shape index (κ3) is 29.8. The maximum absolute atomic E-state index is 4.48. The van der Waals surface area contributed by atoms with E-state index in [9.17, 15) is 0 Å². The molecule has 18 rings (SSSR count). The van der Waals surface area contributed by atoms with Crippen LogP contribution < -0.4 is 44.5 Å². The van der Waals surface area contributed by atoms with Crippen molar-refractivity contribution in [1.82, 2.24) is 69.7 Å². The van der Waals surface area contributed by atoms with Crippen LogP contribution in [0.1, 0.15) is 164 Å². The van der Waals surface area contributed by atoms with E-state index in [-0.39, 0.29) is 0 Å². The first-order valence-corrected chi connectivity index (χ1v) is 47.3. The van der Waals surface area contributed by atoms with E-state index in [2.05, 4.69) is 293 Å². The van der Waals surface area contributed by atoms with Crippen LogP contribution >= 0.6 is 22.7 Å². The molecule has 10 aliphatic rings. The molecular weight excluding hydrogens is 1540 g/mol. The van der Waals surface area contributed by atoms with Gasteiger partial charge in [-0.25, -0.2) is 19.9 Å². The normalized spacial score (nSPS) is 23.4. The fourth-order valence-corrected chi connectivity index (χ4v) is 19.5. The summed E-state index contributed by atoms with van der Waals surface area (Å²) in [5, 5.41) is 6.37. The van der Waals surface area contributed by atoms with Crippen LogP contribution in [0.2, 0.25) is 0 Å². The molecule has 9 saturated heterocycles. The lowest BCUT2D eigenvalue weighted by Gasteiger charge is -2.44. The number of likely N-dealkylation sites (N-methyl/N-ethyl adjacent to an activating group) is 3. The number of hydrogen-bond acceptors (Lipinski definition) is 24. The number of nitrogens with zero attached hydrogens (tertiary/aromatic N) is 21. The number of piperazine rings is 6. The largest absolute Gasteiger partial charge is 0.371 e. The van der Waals surface area contributed by atoms with Gasteiger partial charge in [0.15, 0.2) is 0 Å². The number of aromatic nitrogens is 8. The molecule has 0 radical (unpaired) electrons. The minimum atomic E-state index is 0.408. The van der Waals surface area contributed by atoms with Crippen molar-refractivity contribution in [2.24, 2.45) is 10.8 Å². The first-order valence-electron chi connectivity index (χ1n) is 45.7. The zero-order valence-corrected chi connectivity index (χ0v) is 79.6. The van der Waals surface area contributed by atoms with E-state index in [1.54, 1.807) is 0 Å². The maximum Gasteiger partial charge on any atom is 0.147 e. The second-order valence-electron chi connectivity index (χ2n) is 38.0. The zero-order valence-electron chi connectivity index (χ0n) is 77.9. The molecule has 4 unspecified atom stereocenters. The van der Waals surface area contributed by atoms with Gasteiger partial charge >= 0.3 is 0 Å². The Kier molecular flexibility index (Phi) is 35.2. The van der Waals surface area contributed by atoms with Crippen LogP contribution in [0.3, 0.4) is 0 Å². The van der Waals surface area contributed by atoms with Crippen molar-refractivity contribution in [1.29, 1.82) is 0 Å². The second kappa shape index (κ2) is 45.3. The van der Waals surface area contributed by atoms with Gasteiger partial charge < -0.3 is 54.3 Å². The van der Waals surface area contributed by atoms with Crippen molar-refractivity contribution in [3.8, 4) is 0 Å². The average Bonchev–Trinajstić information content (AvgIpc) is 1.81. The molecule has 1 N–H and O–H groups in total. The van der Waals surface area contributed by atoms with Crippen molar-refractivity contribution in [3.63, 3.8) is 0 Å². The van der Waals surface area contributed by atoms with Crippen molar-refractivity contribution < 1.29 is 0 Å². The molecule has 8 aromatic rings. The highest BCUT2D eigenvalue weighted by molar-refractivity contribution is 7.16. The van der Waals surface area contributed by atoms with Gasteiger partial charge in [0.1, 0.15) is 23.3 Å². The molecule has 121 heavy (non-hydrogen) atoms. The highest BCUT2D eigenvalue weighted by Crippen LogP contribution is 2.35. The van der Waals surface area contributed by atoms with Gasteiger partial charge in [0, 0.05) is 207 Å². The number of anilines is 8. The molecule has 1 aliphatic carbocycles. The number of nitrogens with one attached hydrogen (secondary N) is 1. The molecule has 662 valence electrons. The highest BCUT2D eigenvalue weighted by atomic mass is 32.1. The minimum Gasteiger partial charge on any atom is -0.371 e. The molecule has 6 atom stereocenters. The van der Waals surface area contributed by atoms with Crippen LogP contribution in [0.15, 0.2) is 122 Å². The minimum absolute atomic E-state index is 0.408. The molecule has 15 heterocycles. The Balaban J connectivity index is 0.000000135. The molecule has 0 spiro atoms. The fraction of sp³-hybridized carbons (Fsp3) is 0.629. The van der Waals surface area contributed by atoms with Gasteiger partial charge in [0.2, 0.25) is 0 Å². The van der Waals surface area contributed by atoms with Gasteiger partial charge in [0.25, 0.3) is 0 Å². The molecular formula is C97H152N22S2. The smallest absolute Gasteiger partial charge is 0.147 e. The van der Waals surface area contributed by atoms with Gasteiger partial charge in [-0.3, -0.25) is 34.6 Å². The quantitative estimate of drug-likeness (QED) is 0.145. The second-order valence-corrected chi connectivity index (χ2v) is 40.5. The SMILES string of the molecule is Cc1ccc(N2CC(C)N(C)C(C)C2)cc1.Cc1ccc(N2CCCC(C)(C)C2)cc1.Cc1ccc(N2CCN(C)C(C)C2)s1.Cc1ccc(N2CCN(C)CC2)s1.Cc1cnc(N2CCCC(C)(C)C2)cn1.Cc1cnc(N2CCN(C3CC3)CC2)cn1.Cc1cnc(N2CCN3CCCCC3C2)cn1.Cc1cnc(N2C[C@@H](C)N[C@@H](C)C2)cn1. The Morgan fingerprint density at radius 2 is 0.744 bits per heavy atom. The monoisotopic (exact) mass is 1690 g/mol. The lowest BCUT2D eigenvalue weighted by molar-refractivity contribution is 0.133. The predicted octanol–water partition coefficient (Wildman–Crippen LogP) is 16.1. The van der Waals surface area contributed by atoms with E-state index in [1.807, 2.05) is 99.9 Å².